The summed E-state index contributed by atoms with van der Waals surface area (Å²) in [6, 6.07) is 12.0. The average Bonchev–Trinajstić information content (AvgIpc) is 3.10. The maximum absolute atomic E-state index is 12.2. The Morgan fingerprint density at radius 1 is 1.22 bits per heavy atom. The Balaban J connectivity index is 1.65. The van der Waals surface area contributed by atoms with Gasteiger partial charge in [-0.15, -0.1) is 0 Å². The van der Waals surface area contributed by atoms with Gasteiger partial charge in [0.25, 0.3) is 0 Å². The summed E-state index contributed by atoms with van der Waals surface area (Å²) in [6.45, 7) is 0. The quantitative estimate of drug-likeness (QED) is 0.774. The minimum absolute atomic E-state index is 0.0628. The minimum atomic E-state index is -3.06. The zero-order chi connectivity index (χ0) is 16.0. The van der Waals surface area contributed by atoms with Crippen molar-refractivity contribution in [2.24, 2.45) is 5.92 Å². The number of thiazole rings is 1. The standard InChI is InChI=1S/C16H14N2O3S2/c19-15(11-7-8-23(20,21)9-11)18-16-17-14-12-4-2-1-3-10(12)5-6-13(14)22-16/h1-6,11H,7-9H2,(H,17,18,19)/t11-/m1/s1. The van der Waals surface area contributed by atoms with Gasteiger partial charge in [-0.05, 0) is 17.9 Å². The summed E-state index contributed by atoms with van der Waals surface area (Å²) in [7, 11) is -3.06. The van der Waals surface area contributed by atoms with Crippen molar-refractivity contribution in [1.29, 1.82) is 0 Å². The van der Waals surface area contributed by atoms with Gasteiger partial charge in [-0.25, -0.2) is 13.4 Å². The number of hydrogen-bond donors (Lipinski definition) is 1. The number of carbonyl (C=O) groups is 1. The first-order valence-electron chi connectivity index (χ1n) is 7.31. The minimum Gasteiger partial charge on any atom is -0.302 e. The molecule has 1 atom stereocenters. The number of nitrogens with zero attached hydrogens (tertiary/aromatic N) is 1. The summed E-state index contributed by atoms with van der Waals surface area (Å²) in [5.74, 6) is -0.694. The number of amides is 1. The van der Waals surface area contributed by atoms with Crippen LogP contribution < -0.4 is 5.32 Å². The van der Waals surface area contributed by atoms with E-state index in [0.717, 1.165) is 21.0 Å². The molecule has 4 rings (SSSR count). The zero-order valence-corrected chi connectivity index (χ0v) is 13.8. The lowest BCUT2D eigenvalue weighted by Crippen LogP contribution is -2.23. The Bertz CT molecular complexity index is 1020. The van der Waals surface area contributed by atoms with E-state index in [1.807, 2.05) is 36.4 Å². The lowest BCUT2D eigenvalue weighted by Gasteiger charge is -2.06. The third kappa shape index (κ3) is 2.70. The smallest absolute Gasteiger partial charge is 0.230 e. The van der Waals surface area contributed by atoms with E-state index in [-0.39, 0.29) is 17.4 Å². The number of fused-ring (bicyclic) bond motifs is 3. The fourth-order valence-corrected chi connectivity index (χ4v) is 5.55. The number of benzene rings is 2. The predicted octanol–water partition coefficient (Wildman–Crippen LogP) is 2.82. The van der Waals surface area contributed by atoms with E-state index in [4.69, 9.17) is 0 Å². The largest absolute Gasteiger partial charge is 0.302 e. The summed E-state index contributed by atoms with van der Waals surface area (Å²) in [5.41, 5.74) is 0.863. The number of rotatable bonds is 2. The third-order valence-electron chi connectivity index (χ3n) is 4.12. The highest BCUT2D eigenvalue weighted by Gasteiger charge is 2.33. The Hall–Kier alpha value is -1.99. The van der Waals surface area contributed by atoms with Crippen LogP contribution in [0.3, 0.4) is 0 Å². The van der Waals surface area contributed by atoms with Crippen LogP contribution in [0.15, 0.2) is 36.4 Å². The monoisotopic (exact) mass is 346 g/mol. The topological polar surface area (TPSA) is 76.1 Å². The highest BCUT2D eigenvalue weighted by Crippen LogP contribution is 2.32. The Labute approximate surface area is 137 Å². The molecule has 2 heterocycles. The number of anilines is 1. The zero-order valence-electron chi connectivity index (χ0n) is 12.2. The van der Waals surface area contributed by atoms with E-state index in [9.17, 15) is 13.2 Å². The van der Waals surface area contributed by atoms with Crippen LogP contribution in [0.25, 0.3) is 21.0 Å². The van der Waals surface area contributed by atoms with Gasteiger partial charge in [-0.3, -0.25) is 4.79 Å². The number of nitrogens with one attached hydrogen (secondary N) is 1. The van der Waals surface area contributed by atoms with Crippen molar-refractivity contribution in [3.05, 3.63) is 36.4 Å². The van der Waals surface area contributed by atoms with Crippen molar-refractivity contribution in [3.8, 4) is 0 Å². The average molecular weight is 346 g/mol. The molecule has 118 valence electrons. The van der Waals surface area contributed by atoms with Gasteiger partial charge < -0.3 is 5.32 Å². The van der Waals surface area contributed by atoms with Crippen LogP contribution in [-0.2, 0) is 14.6 Å². The molecule has 1 fully saturated rings. The summed E-state index contributed by atoms with van der Waals surface area (Å²) in [6.07, 6.45) is 0.391. The third-order valence-corrected chi connectivity index (χ3v) is 6.82. The molecule has 1 saturated heterocycles. The van der Waals surface area contributed by atoms with Crippen molar-refractivity contribution < 1.29 is 13.2 Å². The second-order valence-corrected chi connectivity index (χ2v) is 9.00. The fourth-order valence-electron chi connectivity index (χ4n) is 2.92. The number of carbonyl (C=O) groups excluding carboxylic acids is 1. The number of hydrogen-bond acceptors (Lipinski definition) is 5. The van der Waals surface area contributed by atoms with Crippen LogP contribution >= 0.6 is 11.3 Å². The van der Waals surface area contributed by atoms with E-state index in [0.29, 0.717) is 11.6 Å². The molecule has 7 heteroatoms. The summed E-state index contributed by atoms with van der Waals surface area (Å²) >= 11 is 1.41. The van der Waals surface area contributed by atoms with Crippen molar-refractivity contribution in [1.82, 2.24) is 4.98 Å². The Morgan fingerprint density at radius 3 is 2.83 bits per heavy atom. The van der Waals surface area contributed by atoms with Gasteiger partial charge in [0, 0.05) is 5.39 Å². The molecule has 1 N–H and O–H groups in total. The normalized spacial score (nSPS) is 20.1. The molecule has 1 aliphatic rings. The van der Waals surface area contributed by atoms with Crippen LogP contribution in [-0.4, -0.2) is 30.8 Å². The van der Waals surface area contributed by atoms with Crippen molar-refractivity contribution in [2.75, 3.05) is 16.8 Å². The molecule has 1 aromatic heterocycles. The number of sulfone groups is 1. The summed E-state index contributed by atoms with van der Waals surface area (Å²) < 4.78 is 24.0. The molecule has 0 saturated carbocycles. The first-order valence-corrected chi connectivity index (χ1v) is 9.95. The Morgan fingerprint density at radius 2 is 2.04 bits per heavy atom. The summed E-state index contributed by atoms with van der Waals surface area (Å²) in [4.78, 5) is 16.8. The van der Waals surface area contributed by atoms with Crippen molar-refractivity contribution >= 4 is 53.2 Å². The molecule has 0 spiro atoms. The van der Waals surface area contributed by atoms with Crippen molar-refractivity contribution in [2.45, 2.75) is 6.42 Å². The molecule has 3 aromatic rings. The molecule has 1 amide bonds. The maximum atomic E-state index is 12.2. The fraction of sp³-hybridized carbons (Fsp3) is 0.250. The van der Waals surface area contributed by atoms with Crippen LogP contribution in [0.5, 0.6) is 0 Å². The van der Waals surface area contributed by atoms with E-state index >= 15 is 0 Å². The Kier molecular flexibility index (Phi) is 3.35. The second-order valence-electron chi connectivity index (χ2n) is 5.74. The first-order chi connectivity index (χ1) is 11.0. The van der Waals surface area contributed by atoms with E-state index in [1.54, 1.807) is 0 Å². The molecule has 0 radical (unpaired) electrons. The van der Waals surface area contributed by atoms with Gasteiger partial charge in [0.05, 0.1) is 27.6 Å². The highest BCUT2D eigenvalue weighted by molar-refractivity contribution is 7.91. The SMILES string of the molecule is O=C(Nc1nc2c(ccc3ccccc32)s1)[C@@H]1CCS(=O)(=O)C1. The first kappa shape index (κ1) is 14.6. The number of aromatic nitrogens is 1. The summed E-state index contributed by atoms with van der Waals surface area (Å²) in [5, 5.41) is 5.45. The van der Waals surface area contributed by atoms with Gasteiger partial charge in [-0.2, -0.15) is 0 Å². The molecule has 2 aromatic carbocycles. The predicted molar refractivity (Wildman–Crippen MR) is 92.5 cm³/mol. The van der Waals surface area contributed by atoms with Gasteiger partial charge >= 0.3 is 0 Å². The molecule has 5 nitrogen and oxygen atoms in total. The molecule has 23 heavy (non-hydrogen) atoms. The molecular formula is C16H14N2O3S2. The second kappa shape index (κ2) is 5.28. The molecule has 0 aliphatic carbocycles. The van der Waals surface area contributed by atoms with E-state index in [1.165, 1.54) is 11.3 Å². The van der Waals surface area contributed by atoms with E-state index < -0.39 is 15.8 Å². The molecule has 0 bridgehead atoms. The lowest BCUT2D eigenvalue weighted by atomic mass is 10.1. The van der Waals surface area contributed by atoms with Crippen LogP contribution in [0, 0.1) is 5.92 Å². The lowest BCUT2D eigenvalue weighted by molar-refractivity contribution is -0.119. The van der Waals surface area contributed by atoms with Gasteiger partial charge in [0.1, 0.15) is 0 Å². The maximum Gasteiger partial charge on any atom is 0.230 e. The van der Waals surface area contributed by atoms with Crippen LogP contribution in [0.2, 0.25) is 0 Å². The molecule has 1 aliphatic heterocycles. The highest BCUT2D eigenvalue weighted by atomic mass is 32.2. The van der Waals surface area contributed by atoms with Crippen LogP contribution in [0.4, 0.5) is 5.13 Å². The van der Waals surface area contributed by atoms with Gasteiger partial charge in [-0.1, -0.05) is 41.7 Å². The van der Waals surface area contributed by atoms with Gasteiger partial charge in [0.15, 0.2) is 15.0 Å². The van der Waals surface area contributed by atoms with Gasteiger partial charge in [0.2, 0.25) is 5.91 Å². The molecule has 0 unspecified atom stereocenters. The molecular weight excluding hydrogens is 332 g/mol. The van der Waals surface area contributed by atoms with Crippen molar-refractivity contribution in [3.63, 3.8) is 0 Å². The van der Waals surface area contributed by atoms with E-state index in [2.05, 4.69) is 10.3 Å². The van der Waals surface area contributed by atoms with Crippen LogP contribution in [0.1, 0.15) is 6.42 Å².